The minimum absolute atomic E-state index is 0.511. The lowest BCUT2D eigenvalue weighted by molar-refractivity contribution is 0.657. The van der Waals surface area contributed by atoms with Crippen molar-refractivity contribution in [3.05, 3.63) is 75.6 Å². The molecule has 0 amide bonds. The maximum Gasteiger partial charge on any atom is 0.175 e. The molecule has 3 rings (SSSR count). The standard InChI is InChI=1S/C21H23ClN4S/c1-13-7-5-6-8-17(13)12-26-16(4)20(15(3)25-26)24-21(27)23-18-10-9-14(2)19(22)11-18/h5-11H,12H2,1-4H3,(H2,23,24,27). The molecule has 0 bridgehead atoms. The lowest BCUT2D eigenvalue weighted by Gasteiger charge is -2.12. The summed E-state index contributed by atoms with van der Waals surface area (Å²) in [5.74, 6) is 0. The third-order valence-corrected chi connectivity index (χ3v) is 5.24. The first-order valence-corrected chi connectivity index (χ1v) is 9.56. The number of nitrogens with one attached hydrogen (secondary N) is 2. The van der Waals surface area contributed by atoms with Crippen molar-refractivity contribution in [3.8, 4) is 0 Å². The van der Waals surface area contributed by atoms with E-state index in [-0.39, 0.29) is 0 Å². The van der Waals surface area contributed by atoms with Crippen LogP contribution in [-0.2, 0) is 6.54 Å². The fraction of sp³-hybridized carbons (Fsp3) is 0.238. The summed E-state index contributed by atoms with van der Waals surface area (Å²) in [5.41, 5.74) is 7.28. The third-order valence-electron chi connectivity index (χ3n) is 4.63. The van der Waals surface area contributed by atoms with E-state index in [1.54, 1.807) is 0 Å². The largest absolute Gasteiger partial charge is 0.332 e. The number of nitrogens with zero attached hydrogens (tertiary/aromatic N) is 2. The van der Waals surface area contributed by atoms with Crippen molar-refractivity contribution in [1.29, 1.82) is 0 Å². The van der Waals surface area contributed by atoms with Crippen LogP contribution in [0, 0.1) is 27.7 Å². The predicted octanol–water partition coefficient (Wildman–Crippen LogP) is 5.63. The maximum absolute atomic E-state index is 6.18. The van der Waals surface area contributed by atoms with E-state index < -0.39 is 0 Å². The zero-order valence-electron chi connectivity index (χ0n) is 15.9. The number of halogens is 1. The number of rotatable bonds is 4. The number of aryl methyl sites for hydroxylation is 3. The quantitative estimate of drug-likeness (QED) is 0.559. The molecule has 0 unspecified atom stereocenters. The summed E-state index contributed by atoms with van der Waals surface area (Å²) >= 11 is 11.7. The van der Waals surface area contributed by atoms with Gasteiger partial charge >= 0.3 is 0 Å². The van der Waals surface area contributed by atoms with Crippen LogP contribution in [0.1, 0.15) is 28.1 Å². The average Bonchev–Trinajstić information content (AvgIpc) is 2.88. The first-order chi connectivity index (χ1) is 12.8. The van der Waals surface area contributed by atoms with Crippen molar-refractivity contribution in [1.82, 2.24) is 9.78 Å². The van der Waals surface area contributed by atoms with Crippen LogP contribution >= 0.6 is 23.8 Å². The van der Waals surface area contributed by atoms with E-state index >= 15 is 0 Å². The number of anilines is 2. The van der Waals surface area contributed by atoms with E-state index in [9.17, 15) is 0 Å². The van der Waals surface area contributed by atoms with Crippen LogP contribution in [0.25, 0.3) is 0 Å². The fourth-order valence-corrected chi connectivity index (χ4v) is 3.33. The van der Waals surface area contributed by atoms with Gasteiger partial charge < -0.3 is 10.6 Å². The molecule has 0 spiro atoms. The highest BCUT2D eigenvalue weighted by atomic mass is 35.5. The summed E-state index contributed by atoms with van der Waals surface area (Å²) in [6, 6.07) is 14.1. The van der Waals surface area contributed by atoms with Gasteiger partial charge in [-0.2, -0.15) is 5.10 Å². The number of benzene rings is 2. The van der Waals surface area contributed by atoms with E-state index in [1.165, 1.54) is 11.1 Å². The summed E-state index contributed by atoms with van der Waals surface area (Å²) < 4.78 is 2.01. The zero-order valence-corrected chi connectivity index (χ0v) is 17.5. The molecule has 2 N–H and O–H groups in total. The zero-order chi connectivity index (χ0) is 19.6. The van der Waals surface area contributed by atoms with E-state index in [1.807, 2.05) is 43.7 Å². The van der Waals surface area contributed by atoms with Crippen LogP contribution in [-0.4, -0.2) is 14.9 Å². The highest BCUT2D eigenvalue weighted by molar-refractivity contribution is 7.80. The Labute approximate surface area is 170 Å². The van der Waals surface area contributed by atoms with Crippen molar-refractivity contribution in [2.75, 3.05) is 10.6 Å². The smallest absolute Gasteiger partial charge is 0.175 e. The predicted molar refractivity (Wildman–Crippen MR) is 118 cm³/mol. The summed E-state index contributed by atoms with van der Waals surface area (Å²) in [6.45, 7) is 8.85. The maximum atomic E-state index is 6.18. The molecule has 0 saturated heterocycles. The second-order valence-corrected chi connectivity index (χ2v) is 7.49. The molecule has 27 heavy (non-hydrogen) atoms. The van der Waals surface area contributed by atoms with Crippen LogP contribution < -0.4 is 10.6 Å². The topological polar surface area (TPSA) is 41.9 Å². The highest BCUT2D eigenvalue weighted by Gasteiger charge is 2.14. The van der Waals surface area contributed by atoms with Gasteiger partial charge in [0.1, 0.15) is 0 Å². The van der Waals surface area contributed by atoms with Crippen molar-refractivity contribution >= 4 is 40.3 Å². The summed E-state index contributed by atoms with van der Waals surface area (Å²) in [5, 5.41) is 12.4. The van der Waals surface area contributed by atoms with Crippen LogP contribution in [0.2, 0.25) is 5.02 Å². The van der Waals surface area contributed by atoms with E-state index in [4.69, 9.17) is 23.8 Å². The molecule has 3 aromatic rings. The SMILES string of the molecule is Cc1ccc(NC(=S)Nc2c(C)nn(Cc3ccccc3C)c2C)cc1Cl. The van der Waals surface area contributed by atoms with Gasteiger partial charge in [-0.1, -0.05) is 41.9 Å². The Morgan fingerprint density at radius 1 is 1.04 bits per heavy atom. The van der Waals surface area contributed by atoms with E-state index in [2.05, 4.69) is 46.9 Å². The Hall–Kier alpha value is -2.37. The number of hydrogen-bond acceptors (Lipinski definition) is 2. The van der Waals surface area contributed by atoms with Crippen molar-refractivity contribution in [3.63, 3.8) is 0 Å². The summed E-state index contributed by atoms with van der Waals surface area (Å²) in [7, 11) is 0. The van der Waals surface area contributed by atoms with Crippen LogP contribution in [0.15, 0.2) is 42.5 Å². The average molecular weight is 399 g/mol. The number of thiocarbonyl (C=S) groups is 1. The molecule has 0 radical (unpaired) electrons. The first kappa shape index (κ1) is 19.4. The van der Waals surface area contributed by atoms with Crippen LogP contribution in [0.3, 0.4) is 0 Å². The van der Waals surface area contributed by atoms with Gasteiger partial charge in [0.2, 0.25) is 0 Å². The lowest BCUT2D eigenvalue weighted by Crippen LogP contribution is -2.20. The minimum atomic E-state index is 0.511. The van der Waals surface area contributed by atoms with Gasteiger partial charge in [0.05, 0.1) is 23.6 Å². The van der Waals surface area contributed by atoms with Crippen LogP contribution in [0.4, 0.5) is 11.4 Å². The van der Waals surface area contributed by atoms with Gasteiger partial charge in [-0.25, -0.2) is 0 Å². The van der Waals surface area contributed by atoms with Gasteiger partial charge in [-0.05, 0) is 68.7 Å². The van der Waals surface area contributed by atoms with Gasteiger partial charge in [-0.15, -0.1) is 0 Å². The van der Waals surface area contributed by atoms with Crippen molar-refractivity contribution in [2.45, 2.75) is 34.2 Å². The number of aromatic nitrogens is 2. The van der Waals surface area contributed by atoms with E-state index in [0.29, 0.717) is 10.1 Å². The summed E-state index contributed by atoms with van der Waals surface area (Å²) in [4.78, 5) is 0. The van der Waals surface area contributed by atoms with Gasteiger partial charge in [0.25, 0.3) is 0 Å². The molecular weight excluding hydrogens is 376 g/mol. The Morgan fingerprint density at radius 3 is 2.48 bits per heavy atom. The molecule has 4 nitrogen and oxygen atoms in total. The molecular formula is C21H23ClN4S. The second-order valence-electron chi connectivity index (χ2n) is 6.67. The molecule has 140 valence electrons. The molecule has 1 aromatic heterocycles. The monoisotopic (exact) mass is 398 g/mol. The third kappa shape index (κ3) is 4.49. The summed E-state index contributed by atoms with van der Waals surface area (Å²) in [6.07, 6.45) is 0. The molecule has 2 aromatic carbocycles. The van der Waals surface area contributed by atoms with Crippen molar-refractivity contribution in [2.24, 2.45) is 0 Å². The molecule has 0 aliphatic heterocycles. The molecule has 0 fully saturated rings. The Bertz CT molecular complexity index is 994. The minimum Gasteiger partial charge on any atom is -0.332 e. The van der Waals surface area contributed by atoms with Gasteiger partial charge in [-0.3, -0.25) is 4.68 Å². The van der Waals surface area contributed by atoms with Crippen molar-refractivity contribution < 1.29 is 0 Å². The second kappa shape index (κ2) is 8.11. The Morgan fingerprint density at radius 2 is 1.78 bits per heavy atom. The Kier molecular flexibility index (Phi) is 5.82. The normalized spacial score (nSPS) is 10.7. The highest BCUT2D eigenvalue weighted by Crippen LogP contribution is 2.23. The molecule has 0 saturated carbocycles. The molecule has 0 aliphatic carbocycles. The first-order valence-electron chi connectivity index (χ1n) is 8.78. The lowest BCUT2D eigenvalue weighted by atomic mass is 10.1. The van der Waals surface area contributed by atoms with Gasteiger partial charge in [0, 0.05) is 10.7 Å². The van der Waals surface area contributed by atoms with Gasteiger partial charge in [0.15, 0.2) is 5.11 Å². The van der Waals surface area contributed by atoms with E-state index in [0.717, 1.165) is 34.9 Å². The molecule has 0 aliphatic rings. The Balaban J connectivity index is 1.75. The number of hydrogen-bond donors (Lipinski definition) is 2. The molecule has 6 heteroatoms. The fourth-order valence-electron chi connectivity index (χ4n) is 2.93. The van der Waals surface area contributed by atoms with Crippen LogP contribution in [0.5, 0.6) is 0 Å². The molecule has 1 heterocycles. The molecule has 0 atom stereocenters.